The first-order valence-corrected chi connectivity index (χ1v) is 12.9. The average molecular weight is 539 g/mol. The van der Waals surface area contributed by atoms with Crippen molar-refractivity contribution in [3.05, 3.63) is 36.4 Å². The fraction of sp³-hybridized carbons (Fsp3) is 0.478. The molecule has 1 aliphatic heterocycles. The predicted octanol–water partition coefficient (Wildman–Crippen LogP) is 4.01. The molecule has 4 heterocycles. The summed E-state index contributed by atoms with van der Waals surface area (Å²) in [5, 5.41) is 17.4. The maximum absolute atomic E-state index is 13.4. The molecule has 1 amide bonds. The highest BCUT2D eigenvalue weighted by atomic mass is 32.2. The molecule has 198 valence electrons. The number of aromatic nitrogens is 4. The lowest BCUT2D eigenvalue weighted by atomic mass is 9.98. The number of likely N-dealkylation sites (tertiary alicyclic amines) is 1. The van der Waals surface area contributed by atoms with Gasteiger partial charge in [0.1, 0.15) is 22.1 Å². The largest absolute Gasteiger partial charge is 0.501 e. The van der Waals surface area contributed by atoms with E-state index in [1.165, 1.54) is 12.4 Å². The van der Waals surface area contributed by atoms with Crippen LogP contribution in [0.4, 0.5) is 18.0 Å². The van der Waals surface area contributed by atoms with Crippen molar-refractivity contribution in [3.8, 4) is 17.2 Å². The number of alkyl halides is 3. The molecule has 1 saturated heterocycles. The molecule has 4 rings (SSSR count). The van der Waals surface area contributed by atoms with E-state index in [2.05, 4.69) is 10.2 Å². The summed E-state index contributed by atoms with van der Waals surface area (Å²) < 4.78 is 72.9. The molecule has 0 radical (unpaired) electrons. The molecule has 3 aromatic rings. The summed E-state index contributed by atoms with van der Waals surface area (Å²) in [7, 11) is -5.77. The molecule has 10 nitrogen and oxygen atoms in total. The topological polar surface area (TPSA) is 123 Å². The van der Waals surface area contributed by atoms with E-state index in [4.69, 9.17) is 4.74 Å². The molecule has 14 heteroatoms. The predicted molar refractivity (Wildman–Crippen MR) is 125 cm³/mol. The third kappa shape index (κ3) is 5.41. The number of fused-ring (bicyclic) bond motifs is 1. The molecule has 1 atom stereocenters. The number of carbonyl (C=O) groups excluding carboxylic acids is 1. The Labute approximate surface area is 211 Å². The lowest BCUT2D eigenvalue weighted by molar-refractivity contribution is -0.0435. The smallest absolute Gasteiger partial charge is 0.444 e. The Balaban J connectivity index is 1.61. The number of piperidine rings is 1. The Bertz CT molecular complexity index is 1480. The zero-order valence-electron chi connectivity index (χ0n) is 20.4. The molecule has 0 aromatic carbocycles. The summed E-state index contributed by atoms with van der Waals surface area (Å²) in [6, 6.07) is 2.56. The van der Waals surface area contributed by atoms with Crippen LogP contribution < -0.4 is 0 Å². The standard InChI is InChI=1S/C23H25F3N6O4S/c1-22(2,3)36-21(33)30-6-4-5-15(11-30)12-31-13-18(10-28-31)16-7-19(37(34,35)23(24,25)26)20-17(8-27)9-29-32(20)14-16/h7,9-10,13-15H,4-6,11-12H2,1-3H3/t15-/m1/s1. The van der Waals surface area contributed by atoms with Crippen molar-refractivity contribution >= 4 is 21.4 Å². The van der Waals surface area contributed by atoms with Crippen molar-refractivity contribution in [2.24, 2.45) is 5.92 Å². The Morgan fingerprint density at radius 2 is 1.92 bits per heavy atom. The number of pyridine rings is 1. The second kappa shape index (κ2) is 9.37. The number of sulfone groups is 1. The van der Waals surface area contributed by atoms with Gasteiger partial charge >= 0.3 is 11.6 Å². The van der Waals surface area contributed by atoms with Gasteiger partial charge in [-0.2, -0.15) is 28.6 Å². The third-order valence-corrected chi connectivity index (χ3v) is 7.37. The molecular formula is C23H25F3N6O4S. The lowest BCUT2D eigenvalue weighted by Gasteiger charge is -2.34. The van der Waals surface area contributed by atoms with Gasteiger partial charge in [0.25, 0.3) is 9.84 Å². The van der Waals surface area contributed by atoms with Gasteiger partial charge in [-0.25, -0.2) is 17.7 Å². The number of hydrogen-bond acceptors (Lipinski definition) is 7. The van der Waals surface area contributed by atoms with Gasteiger partial charge in [0.2, 0.25) is 0 Å². The van der Waals surface area contributed by atoms with E-state index >= 15 is 0 Å². The van der Waals surface area contributed by atoms with Crippen LogP contribution in [-0.4, -0.2) is 63.0 Å². The summed E-state index contributed by atoms with van der Waals surface area (Å²) in [5.41, 5.74) is -6.41. The quantitative estimate of drug-likeness (QED) is 0.492. The van der Waals surface area contributed by atoms with Crippen molar-refractivity contribution in [1.82, 2.24) is 24.3 Å². The molecule has 3 aromatic heterocycles. The minimum absolute atomic E-state index is 0.0713. The number of carbonyl (C=O) groups is 1. The molecule has 0 unspecified atom stereocenters. The molecule has 0 N–H and O–H groups in total. The number of halogens is 3. The first-order chi connectivity index (χ1) is 17.2. The molecule has 1 fully saturated rings. The van der Waals surface area contributed by atoms with Crippen LogP contribution >= 0.6 is 0 Å². The van der Waals surface area contributed by atoms with Gasteiger partial charge in [0.15, 0.2) is 0 Å². The second-order valence-electron chi connectivity index (χ2n) is 9.89. The SMILES string of the molecule is CC(C)(C)OC(=O)N1CCC[C@@H](Cn2cc(-c3cc(S(=O)(=O)C(F)(F)F)c4c(C#N)cnn4c3)cn2)C1. The summed E-state index contributed by atoms with van der Waals surface area (Å²) in [5.74, 6) is 0.0713. The molecule has 0 spiro atoms. The van der Waals surface area contributed by atoms with Crippen molar-refractivity contribution in [2.45, 2.75) is 56.2 Å². The number of amides is 1. The van der Waals surface area contributed by atoms with E-state index in [0.717, 1.165) is 29.6 Å². The zero-order valence-corrected chi connectivity index (χ0v) is 21.2. The van der Waals surface area contributed by atoms with Crippen LogP contribution in [0.2, 0.25) is 0 Å². The maximum Gasteiger partial charge on any atom is 0.501 e. The molecule has 1 aliphatic rings. The van der Waals surface area contributed by atoms with E-state index in [1.807, 2.05) is 0 Å². The number of rotatable bonds is 4. The highest BCUT2D eigenvalue weighted by Crippen LogP contribution is 2.36. The molecule has 37 heavy (non-hydrogen) atoms. The van der Waals surface area contributed by atoms with E-state index < -0.39 is 31.4 Å². The fourth-order valence-electron chi connectivity index (χ4n) is 4.24. The maximum atomic E-state index is 13.4. The van der Waals surface area contributed by atoms with Crippen LogP contribution in [0.3, 0.4) is 0 Å². The number of hydrogen-bond donors (Lipinski definition) is 0. The normalized spacial score (nSPS) is 17.1. The molecular weight excluding hydrogens is 513 g/mol. The van der Waals surface area contributed by atoms with Crippen molar-refractivity contribution in [1.29, 1.82) is 5.26 Å². The van der Waals surface area contributed by atoms with E-state index in [-0.39, 0.29) is 23.1 Å². The molecule has 0 aliphatic carbocycles. The van der Waals surface area contributed by atoms with Gasteiger partial charge in [-0.3, -0.25) is 4.68 Å². The molecule has 0 saturated carbocycles. The summed E-state index contributed by atoms with van der Waals surface area (Å²) in [6.45, 7) is 6.88. The van der Waals surface area contributed by atoms with Crippen LogP contribution in [0.15, 0.2) is 35.7 Å². The Morgan fingerprint density at radius 1 is 1.19 bits per heavy atom. The highest BCUT2D eigenvalue weighted by Gasteiger charge is 2.48. The van der Waals surface area contributed by atoms with Crippen LogP contribution in [0.1, 0.15) is 39.2 Å². The van der Waals surface area contributed by atoms with Crippen LogP contribution in [0.5, 0.6) is 0 Å². The van der Waals surface area contributed by atoms with Crippen LogP contribution in [-0.2, 0) is 21.1 Å². The van der Waals surface area contributed by atoms with E-state index in [1.54, 1.807) is 42.6 Å². The van der Waals surface area contributed by atoms with Crippen LogP contribution in [0.25, 0.3) is 16.6 Å². The van der Waals surface area contributed by atoms with Gasteiger partial charge in [0.05, 0.1) is 18.0 Å². The second-order valence-corrected chi connectivity index (χ2v) is 11.8. The third-order valence-electron chi connectivity index (χ3n) is 5.87. The molecule has 0 bridgehead atoms. The Hall–Kier alpha value is -3.60. The van der Waals surface area contributed by atoms with E-state index in [9.17, 15) is 31.6 Å². The minimum atomic E-state index is -5.77. The number of nitriles is 1. The summed E-state index contributed by atoms with van der Waals surface area (Å²) >= 11 is 0. The number of ether oxygens (including phenoxy) is 1. The van der Waals surface area contributed by atoms with Crippen molar-refractivity contribution in [3.63, 3.8) is 0 Å². The van der Waals surface area contributed by atoms with Crippen molar-refractivity contribution in [2.75, 3.05) is 13.1 Å². The van der Waals surface area contributed by atoms with Crippen LogP contribution in [0, 0.1) is 17.2 Å². The summed E-state index contributed by atoms with van der Waals surface area (Å²) in [4.78, 5) is 13.0. The Morgan fingerprint density at radius 3 is 2.57 bits per heavy atom. The van der Waals surface area contributed by atoms with Crippen molar-refractivity contribution < 1.29 is 31.1 Å². The lowest BCUT2D eigenvalue weighted by Crippen LogP contribution is -2.43. The number of nitrogens with zero attached hydrogens (tertiary/aromatic N) is 6. The van der Waals surface area contributed by atoms with Gasteiger partial charge in [0, 0.05) is 43.2 Å². The van der Waals surface area contributed by atoms with Gasteiger partial charge in [-0.1, -0.05) is 0 Å². The van der Waals surface area contributed by atoms with Gasteiger partial charge in [-0.15, -0.1) is 0 Å². The van der Waals surface area contributed by atoms with Gasteiger partial charge in [-0.05, 0) is 45.6 Å². The zero-order chi connectivity index (χ0) is 27.2. The Kier molecular flexibility index (Phi) is 6.70. The van der Waals surface area contributed by atoms with Gasteiger partial charge < -0.3 is 9.64 Å². The summed E-state index contributed by atoms with van der Waals surface area (Å²) in [6.07, 6.45) is 6.60. The van der Waals surface area contributed by atoms with E-state index in [0.29, 0.717) is 25.2 Å². The minimum Gasteiger partial charge on any atom is -0.444 e. The highest BCUT2D eigenvalue weighted by molar-refractivity contribution is 7.92. The first-order valence-electron chi connectivity index (χ1n) is 11.4. The monoisotopic (exact) mass is 538 g/mol. The first kappa shape index (κ1) is 26.5. The fourth-order valence-corrected chi connectivity index (χ4v) is 5.23. The average Bonchev–Trinajstić information content (AvgIpc) is 3.43.